The Morgan fingerprint density at radius 2 is 2.00 bits per heavy atom. The van der Waals surface area contributed by atoms with E-state index in [0.29, 0.717) is 5.56 Å². The van der Waals surface area contributed by atoms with Crippen LogP contribution >= 0.6 is 0 Å². The van der Waals surface area contributed by atoms with E-state index in [9.17, 15) is 13.6 Å². The average Bonchev–Trinajstić information content (AvgIpc) is 2.47. The number of halogens is 2. The molecule has 0 aliphatic rings. The number of carbonyl (C=O) groups excluding carboxylic acids is 1. The topological polar surface area (TPSA) is 80.0 Å². The van der Waals surface area contributed by atoms with E-state index >= 15 is 0 Å². The van der Waals surface area contributed by atoms with Crippen LogP contribution in [0.1, 0.15) is 28.9 Å². The second-order valence-electron chi connectivity index (χ2n) is 4.38. The van der Waals surface area contributed by atoms with Crippen LogP contribution in [-0.2, 0) is 0 Å². The van der Waals surface area contributed by atoms with Gasteiger partial charge in [-0.1, -0.05) is 18.2 Å². The molecule has 1 aromatic carbocycles. The molecule has 1 amide bonds. The van der Waals surface area contributed by atoms with Gasteiger partial charge in [-0.25, -0.2) is 19.6 Å². The smallest absolute Gasteiger partial charge is 0.254 e. The zero-order chi connectivity index (χ0) is 15.4. The van der Waals surface area contributed by atoms with Gasteiger partial charge in [0.05, 0.1) is 11.6 Å². The molecule has 0 fully saturated rings. The van der Waals surface area contributed by atoms with Crippen LogP contribution in [0, 0.1) is 11.6 Å². The van der Waals surface area contributed by atoms with Gasteiger partial charge in [-0.15, -0.1) is 0 Å². The molecule has 0 radical (unpaired) electrons. The van der Waals surface area contributed by atoms with Gasteiger partial charge in [0.25, 0.3) is 5.91 Å². The van der Waals surface area contributed by atoms with Crippen molar-refractivity contribution < 1.29 is 13.6 Å². The third-order valence-electron chi connectivity index (χ3n) is 2.99. The number of aromatic nitrogens is 1. The number of amides is 1. The molecule has 1 heterocycles. The summed E-state index contributed by atoms with van der Waals surface area (Å²) < 4.78 is 27.5. The summed E-state index contributed by atoms with van der Waals surface area (Å²) in [5.74, 6) is 2.88. The van der Waals surface area contributed by atoms with E-state index in [1.54, 1.807) is 25.1 Å². The Labute approximate surface area is 120 Å². The Bertz CT molecular complexity index is 663. The molecular formula is C14H14F2N4O. The number of hydrazine groups is 1. The van der Waals surface area contributed by atoms with Gasteiger partial charge < -0.3 is 10.7 Å². The van der Waals surface area contributed by atoms with Crippen molar-refractivity contribution >= 4 is 11.7 Å². The van der Waals surface area contributed by atoms with E-state index in [2.05, 4.69) is 15.7 Å². The zero-order valence-corrected chi connectivity index (χ0v) is 11.2. The SMILES string of the molecule is CC(NC(=O)c1ccnc(NN)c1F)c1ccccc1F. The highest BCUT2D eigenvalue weighted by molar-refractivity contribution is 5.95. The van der Waals surface area contributed by atoms with Crippen molar-refractivity contribution in [3.05, 3.63) is 59.3 Å². The number of pyridine rings is 1. The van der Waals surface area contributed by atoms with Gasteiger partial charge >= 0.3 is 0 Å². The fraction of sp³-hybridized carbons (Fsp3) is 0.143. The Kier molecular flexibility index (Phi) is 4.44. The summed E-state index contributed by atoms with van der Waals surface area (Å²) in [4.78, 5) is 15.7. The molecule has 5 nitrogen and oxygen atoms in total. The molecule has 0 bridgehead atoms. The molecule has 2 rings (SSSR count). The van der Waals surface area contributed by atoms with Crippen molar-refractivity contribution in [2.45, 2.75) is 13.0 Å². The lowest BCUT2D eigenvalue weighted by atomic mass is 10.1. The standard InChI is InChI=1S/C14H14F2N4O/c1-8(9-4-2-3-5-11(9)15)19-14(21)10-6-7-18-13(20-17)12(10)16/h2-8H,17H2,1H3,(H,18,20)(H,19,21). The first kappa shape index (κ1) is 14.9. The maximum Gasteiger partial charge on any atom is 0.254 e. The zero-order valence-electron chi connectivity index (χ0n) is 11.2. The highest BCUT2D eigenvalue weighted by atomic mass is 19.1. The fourth-order valence-corrected chi connectivity index (χ4v) is 1.90. The van der Waals surface area contributed by atoms with Gasteiger partial charge in [-0.2, -0.15) is 0 Å². The van der Waals surface area contributed by atoms with Crippen molar-refractivity contribution in [1.82, 2.24) is 10.3 Å². The minimum absolute atomic E-state index is 0.221. The molecule has 0 saturated carbocycles. The number of rotatable bonds is 4. The van der Waals surface area contributed by atoms with E-state index in [-0.39, 0.29) is 11.4 Å². The summed E-state index contributed by atoms with van der Waals surface area (Å²) in [7, 11) is 0. The number of hydrogen-bond acceptors (Lipinski definition) is 4. The second-order valence-corrected chi connectivity index (χ2v) is 4.38. The van der Waals surface area contributed by atoms with E-state index in [0.717, 1.165) is 0 Å². The quantitative estimate of drug-likeness (QED) is 0.596. The second kappa shape index (κ2) is 6.27. The summed E-state index contributed by atoms with van der Waals surface area (Å²) in [6, 6.07) is 6.66. The predicted molar refractivity (Wildman–Crippen MR) is 74.3 cm³/mol. The summed E-state index contributed by atoms with van der Waals surface area (Å²) in [5.41, 5.74) is 2.15. The van der Waals surface area contributed by atoms with Crippen LogP contribution in [0.2, 0.25) is 0 Å². The first-order valence-corrected chi connectivity index (χ1v) is 6.21. The van der Waals surface area contributed by atoms with Crippen molar-refractivity contribution in [1.29, 1.82) is 0 Å². The van der Waals surface area contributed by atoms with E-state index in [1.807, 2.05) is 0 Å². The first-order chi connectivity index (χ1) is 10.0. The third-order valence-corrected chi connectivity index (χ3v) is 2.99. The molecule has 4 N–H and O–H groups in total. The number of carbonyl (C=O) groups is 1. The lowest BCUT2D eigenvalue weighted by molar-refractivity contribution is 0.0935. The maximum atomic E-state index is 13.9. The van der Waals surface area contributed by atoms with Crippen LogP contribution in [0.4, 0.5) is 14.6 Å². The van der Waals surface area contributed by atoms with Crippen LogP contribution < -0.4 is 16.6 Å². The summed E-state index contributed by atoms with van der Waals surface area (Å²) >= 11 is 0. The molecule has 7 heteroatoms. The van der Waals surface area contributed by atoms with Crippen LogP contribution in [-0.4, -0.2) is 10.9 Å². The molecule has 0 saturated heterocycles. The van der Waals surface area contributed by atoms with Crippen LogP contribution in [0.15, 0.2) is 36.5 Å². The largest absolute Gasteiger partial charge is 0.345 e. The molecule has 0 aliphatic heterocycles. The number of nitrogen functional groups attached to an aromatic ring is 1. The van der Waals surface area contributed by atoms with E-state index < -0.39 is 23.6 Å². The molecule has 21 heavy (non-hydrogen) atoms. The summed E-state index contributed by atoms with van der Waals surface area (Å²) in [6.45, 7) is 1.61. The Morgan fingerprint density at radius 3 is 2.67 bits per heavy atom. The number of nitrogens with one attached hydrogen (secondary N) is 2. The number of nitrogens with zero attached hydrogens (tertiary/aromatic N) is 1. The molecule has 1 atom stereocenters. The van der Waals surface area contributed by atoms with Gasteiger partial charge in [-0.05, 0) is 19.1 Å². The predicted octanol–water partition coefficient (Wildman–Crippen LogP) is 2.14. The van der Waals surface area contributed by atoms with Gasteiger partial charge in [0.1, 0.15) is 5.82 Å². The molecule has 1 unspecified atom stereocenters. The van der Waals surface area contributed by atoms with Crippen molar-refractivity contribution in [2.24, 2.45) is 5.84 Å². The van der Waals surface area contributed by atoms with Gasteiger partial charge in [0.15, 0.2) is 11.6 Å². The molecular weight excluding hydrogens is 278 g/mol. The first-order valence-electron chi connectivity index (χ1n) is 6.21. The van der Waals surface area contributed by atoms with Gasteiger partial charge in [0.2, 0.25) is 0 Å². The van der Waals surface area contributed by atoms with Crippen molar-refractivity contribution in [3.8, 4) is 0 Å². The van der Waals surface area contributed by atoms with E-state index in [1.165, 1.54) is 18.3 Å². The highest BCUT2D eigenvalue weighted by Crippen LogP contribution is 2.18. The normalized spacial score (nSPS) is 11.8. The van der Waals surface area contributed by atoms with Crippen LogP contribution in [0.5, 0.6) is 0 Å². The number of nitrogens with two attached hydrogens (primary N) is 1. The van der Waals surface area contributed by atoms with Crippen molar-refractivity contribution in [3.63, 3.8) is 0 Å². The minimum Gasteiger partial charge on any atom is -0.345 e. The van der Waals surface area contributed by atoms with E-state index in [4.69, 9.17) is 5.84 Å². The third kappa shape index (κ3) is 3.14. The monoisotopic (exact) mass is 292 g/mol. The minimum atomic E-state index is -0.863. The summed E-state index contributed by atoms with van der Waals surface area (Å²) in [6.07, 6.45) is 1.25. The number of benzene rings is 1. The molecule has 0 aliphatic carbocycles. The maximum absolute atomic E-state index is 13.9. The Balaban J connectivity index is 2.21. The fourth-order valence-electron chi connectivity index (χ4n) is 1.90. The van der Waals surface area contributed by atoms with Gasteiger partial charge in [0, 0.05) is 11.8 Å². The lowest BCUT2D eigenvalue weighted by Crippen LogP contribution is -2.28. The lowest BCUT2D eigenvalue weighted by Gasteiger charge is -2.15. The molecule has 1 aromatic heterocycles. The Hall–Kier alpha value is -2.54. The summed E-state index contributed by atoms with van der Waals surface area (Å²) in [5, 5.41) is 2.53. The van der Waals surface area contributed by atoms with Crippen LogP contribution in [0.25, 0.3) is 0 Å². The molecule has 0 spiro atoms. The molecule has 2 aromatic rings. The highest BCUT2D eigenvalue weighted by Gasteiger charge is 2.19. The van der Waals surface area contributed by atoms with Gasteiger partial charge in [-0.3, -0.25) is 4.79 Å². The average molecular weight is 292 g/mol. The van der Waals surface area contributed by atoms with Crippen LogP contribution in [0.3, 0.4) is 0 Å². The molecule has 110 valence electrons. The number of anilines is 1. The van der Waals surface area contributed by atoms with Crippen molar-refractivity contribution in [2.75, 3.05) is 5.43 Å². The number of hydrogen-bond donors (Lipinski definition) is 3. The Morgan fingerprint density at radius 1 is 1.29 bits per heavy atom.